The number of nitrogens with zero attached hydrogens (tertiary/aromatic N) is 1. The van der Waals surface area contributed by atoms with Crippen LogP contribution in [0.4, 0.5) is 0 Å². The monoisotopic (exact) mass is 346 g/mol. The van der Waals surface area contributed by atoms with Crippen LogP contribution in [0, 0.1) is 5.92 Å². The van der Waals surface area contributed by atoms with E-state index in [0.29, 0.717) is 0 Å². The molecule has 0 saturated heterocycles. The highest BCUT2D eigenvalue weighted by Crippen LogP contribution is 2.20. The van der Waals surface area contributed by atoms with E-state index in [0.717, 1.165) is 19.0 Å². The Balaban J connectivity index is 1.97. The van der Waals surface area contributed by atoms with E-state index in [9.17, 15) is 0 Å². The fourth-order valence-electron chi connectivity index (χ4n) is 1.98. The first-order valence-electron chi connectivity index (χ1n) is 7.20. The number of rotatable bonds is 10. The number of thiophene rings is 1. The van der Waals surface area contributed by atoms with Gasteiger partial charge in [0.25, 0.3) is 0 Å². The molecule has 0 spiro atoms. The van der Waals surface area contributed by atoms with Crippen molar-refractivity contribution in [2.45, 2.75) is 39.7 Å². The highest BCUT2D eigenvalue weighted by Gasteiger charge is 2.02. The first-order chi connectivity index (χ1) is 9.08. The Hall–Kier alpha value is 0.1000. The van der Waals surface area contributed by atoms with Crippen LogP contribution in [-0.4, -0.2) is 31.6 Å². The van der Waals surface area contributed by atoms with Gasteiger partial charge in [-0.1, -0.05) is 20.3 Å². The van der Waals surface area contributed by atoms with Gasteiger partial charge in [-0.05, 0) is 67.4 Å². The van der Waals surface area contributed by atoms with Gasteiger partial charge in [-0.15, -0.1) is 11.3 Å². The van der Waals surface area contributed by atoms with E-state index in [1.807, 2.05) is 11.3 Å². The molecule has 0 bridgehead atoms. The predicted molar refractivity (Wildman–Crippen MR) is 89.9 cm³/mol. The number of hydrogen-bond acceptors (Lipinski definition) is 3. The molecule has 1 aromatic rings. The average Bonchev–Trinajstić information content (AvgIpc) is 2.73. The van der Waals surface area contributed by atoms with E-state index in [1.165, 1.54) is 41.7 Å². The van der Waals surface area contributed by atoms with Gasteiger partial charge < -0.3 is 10.2 Å². The van der Waals surface area contributed by atoms with Gasteiger partial charge in [0.2, 0.25) is 0 Å². The average molecular weight is 347 g/mol. The second-order valence-electron chi connectivity index (χ2n) is 5.63. The number of nitrogens with one attached hydrogen (secondary N) is 1. The van der Waals surface area contributed by atoms with Crippen LogP contribution in [-0.2, 0) is 6.54 Å². The Morgan fingerprint density at radius 1 is 1.32 bits per heavy atom. The van der Waals surface area contributed by atoms with Crippen molar-refractivity contribution in [2.24, 2.45) is 5.92 Å². The molecular weight excluding hydrogens is 320 g/mol. The van der Waals surface area contributed by atoms with E-state index in [2.05, 4.69) is 58.5 Å². The maximum atomic E-state index is 3.50. The van der Waals surface area contributed by atoms with E-state index >= 15 is 0 Å². The topological polar surface area (TPSA) is 15.3 Å². The molecule has 0 atom stereocenters. The molecule has 110 valence electrons. The summed E-state index contributed by atoms with van der Waals surface area (Å²) in [6.07, 6.45) is 3.92. The van der Waals surface area contributed by atoms with Crippen LogP contribution < -0.4 is 5.32 Å². The van der Waals surface area contributed by atoms with Crippen molar-refractivity contribution in [3.05, 3.63) is 20.8 Å². The Morgan fingerprint density at radius 2 is 2.11 bits per heavy atom. The Labute approximate surface area is 130 Å². The van der Waals surface area contributed by atoms with Crippen molar-refractivity contribution < 1.29 is 0 Å². The Morgan fingerprint density at radius 3 is 2.74 bits per heavy atom. The third kappa shape index (κ3) is 8.79. The third-order valence-electron chi connectivity index (χ3n) is 2.99. The van der Waals surface area contributed by atoms with Crippen molar-refractivity contribution in [2.75, 3.05) is 26.7 Å². The van der Waals surface area contributed by atoms with Gasteiger partial charge in [-0.3, -0.25) is 0 Å². The summed E-state index contributed by atoms with van der Waals surface area (Å²) in [7, 11) is 2.21. The van der Waals surface area contributed by atoms with Crippen LogP contribution in [0.2, 0.25) is 0 Å². The number of hydrogen-bond donors (Lipinski definition) is 1. The van der Waals surface area contributed by atoms with Gasteiger partial charge in [0, 0.05) is 21.3 Å². The van der Waals surface area contributed by atoms with Gasteiger partial charge in [0.1, 0.15) is 0 Å². The summed E-state index contributed by atoms with van der Waals surface area (Å²) in [4.78, 5) is 3.85. The Kier molecular flexibility index (Phi) is 8.95. The molecule has 0 fully saturated rings. The van der Waals surface area contributed by atoms with Crippen molar-refractivity contribution in [1.82, 2.24) is 10.2 Å². The lowest BCUT2D eigenvalue weighted by Crippen LogP contribution is -2.21. The molecule has 0 aliphatic carbocycles. The predicted octanol–water partition coefficient (Wildman–Crippen LogP) is 4.36. The Bertz CT molecular complexity index is 339. The van der Waals surface area contributed by atoms with E-state index in [4.69, 9.17) is 0 Å². The lowest BCUT2D eigenvalue weighted by Gasteiger charge is -2.15. The first kappa shape index (κ1) is 17.2. The van der Waals surface area contributed by atoms with Gasteiger partial charge in [0.15, 0.2) is 0 Å². The second-order valence-corrected chi connectivity index (χ2v) is 7.54. The molecule has 0 aliphatic heterocycles. The molecule has 0 radical (unpaired) electrons. The number of halogens is 1. The molecule has 0 amide bonds. The molecule has 0 saturated carbocycles. The zero-order chi connectivity index (χ0) is 14.1. The fraction of sp³-hybridized carbons (Fsp3) is 0.733. The summed E-state index contributed by atoms with van der Waals surface area (Å²) in [6, 6.07) is 2.22. The largest absolute Gasteiger partial charge is 0.316 e. The summed E-state index contributed by atoms with van der Waals surface area (Å²) in [6.45, 7) is 9.09. The molecule has 4 heteroatoms. The first-order valence-corrected chi connectivity index (χ1v) is 8.87. The number of unbranched alkanes of at least 4 members (excludes halogenated alkanes) is 2. The van der Waals surface area contributed by atoms with Gasteiger partial charge in [-0.2, -0.15) is 0 Å². The summed E-state index contributed by atoms with van der Waals surface area (Å²) in [5.74, 6) is 0.760. The molecule has 1 N–H and O–H groups in total. The maximum absolute atomic E-state index is 3.50. The molecule has 0 unspecified atom stereocenters. The standard InChI is InChI=1S/C15H27BrN2S/c1-13(2)10-17-7-5-4-6-8-18(3)11-15-9-14(16)12-19-15/h9,12-13,17H,4-8,10-11H2,1-3H3. The fourth-order valence-corrected chi connectivity index (χ4v) is 3.51. The van der Waals surface area contributed by atoms with E-state index in [-0.39, 0.29) is 0 Å². The SMILES string of the molecule is CC(C)CNCCCCCN(C)Cc1cc(Br)cs1. The molecule has 2 nitrogen and oxygen atoms in total. The van der Waals surface area contributed by atoms with Crippen LogP contribution in [0.25, 0.3) is 0 Å². The minimum atomic E-state index is 0.760. The van der Waals surface area contributed by atoms with Crippen molar-refractivity contribution in [3.63, 3.8) is 0 Å². The summed E-state index contributed by atoms with van der Waals surface area (Å²) >= 11 is 5.34. The minimum Gasteiger partial charge on any atom is -0.316 e. The van der Waals surface area contributed by atoms with Crippen molar-refractivity contribution in [1.29, 1.82) is 0 Å². The van der Waals surface area contributed by atoms with Crippen LogP contribution in [0.3, 0.4) is 0 Å². The van der Waals surface area contributed by atoms with E-state index < -0.39 is 0 Å². The highest BCUT2D eigenvalue weighted by atomic mass is 79.9. The summed E-state index contributed by atoms with van der Waals surface area (Å²) in [5, 5.41) is 5.65. The second kappa shape index (κ2) is 9.92. The van der Waals surface area contributed by atoms with Gasteiger partial charge in [0.05, 0.1) is 0 Å². The minimum absolute atomic E-state index is 0.760. The smallest absolute Gasteiger partial charge is 0.0325 e. The molecule has 1 heterocycles. The summed E-state index contributed by atoms with van der Waals surface area (Å²) in [5.41, 5.74) is 0. The van der Waals surface area contributed by atoms with Gasteiger partial charge in [-0.25, -0.2) is 0 Å². The van der Waals surface area contributed by atoms with Crippen LogP contribution in [0.5, 0.6) is 0 Å². The lowest BCUT2D eigenvalue weighted by atomic mass is 10.2. The molecular formula is C15H27BrN2S. The molecule has 19 heavy (non-hydrogen) atoms. The summed E-state index contributed by atoms with van der Waals surface area (Å²) < 4.78 is 1.21. The van der Waals surface area contributed by atoms with Crippen LogP contribution >= 0.6 is 27.3 Å². The van der Waals surface area contributed by atoms with Crippen molar-refractivity contribution in [3.8, 4) is 0 Å². The zero-order valence-corrected chi connectivity index (χ0v) is 14.8. The van der Waals surface area contributed by atoms with Crippen molar-refractivity contribution >= 4 is 27.3 Å². The molecule has 1 aromatic heterocycles. The molecule has 0 aliphatic rings. The lowest BCUT2D eigenvalue weighted by molar-refractivity contribution is 0.319. The quantitative estimate of drug-likeness (QED) is 0.633. The normalized spacial score (nSPS) is 11.7. The maximum Gasteiger partial charge on any atom is 0.0325 e. The zero-order valence-electron chi connectivity index (χ0n) is 12.4. The third-order valence-corrected chi connectivity index (χ3v) is 4.68. The molecule has 1 rings (SSSR count). The van der Waals surface area contributed by atoms with E-state index in [1.54, 1.807) is 0 Å². The van der Waals surface area contributed by atoms with Crippen LogP contribution in [0.15, 0.2) is 15.9 Å². The molecule has 0 aromatic carbocycles. The van der Waals surface area contributed by atoms with Crippen LogP contribution in [0.1, 0.15) is 38.0 Å². The highest BCUT2D eigenvalue weighted by molar-refractivity contribution is 9.10. The van der Waals surface area contributed by atoms with Gasteiger partial charge >= 0.3 is 0 Å².